The number of benzene rings is 1. The number of nitro groups is 1. The van der Waals surface area contributed by atoms with Crippen molar-refractivity contribution in [1.29, 1.82) is 0 Å². The molecule has 1 aromatic carbocycles. The van der Waals surface area contributed by atoms with Gasteiger partial charge >= 0.3 is 0 Å². The van der Waals surface area contributed by atoms with E-state index < -0.39 is 4.92 Å². The van der Waals surface area contributed by atoms with Crippen LogP contribution in [0.15, 0.2) is 18.3 Å². The number of aryl methyl sites for hydroxylation is 1. The highest BCUT2D eigenvalue weighted by molar-refractivity contribution is 5.59. The lowest BCUT2D eigenvalue weighted by Gasteiger charge is -2.10. The van der Waals surface area contributed by atoms with Gasteiger partial charge in [-0.3, -0.25) is 10.1 Å². The lowest BCUT2D eigenvalue weighted by Crippen LogP contribution is -1.93. The Kier molecular flexibility index (Phi) is 3.88. The molecule has 0 unspecified atom stereocenters. The third-order valence-electron chi connectivity index (χ3n) is 2.15. The van der Waals surface area contributed by atoms with Gasteiger partial charge in [0.15, 0.2) is 11.5 Å². The van der Waals surface area contributed by atoms with Crippen molar-refractivity contribution in [1.82, 2.24) is 0 Å². The molecule has 0 atom stereocenters. The Hall–Kier alpha value is -2.04. The molecule has 0 bridgehead atoms. The van der Waals surface area contributed by atoms with E-state index in [4.69, 9.17) is 9.47 Å². The van der Waals surface area contributed by atoms with Crippen molar-refractivity contribution >= 4 is 6.08 Å². The van der Waals surface area contributed by atoms with E-state index in [9.17, 15) is 10.1 Å². The van der Waals surface area contributed by atoms with Crippen LogP contribution in [0.2, 0.25) is 0 Å². The van der Waals surface area contributed by atoms with Crippen molar-refractivity contribution in [3.8, 4) is 11.5 Å². The second kappa shape index (κ2) is 5.16. The number of methoxy groups -OCH3 is 2. The van der Waals surface area contributed by atoms with Crippen molar-refractivity contribution in [3.05, 3.63) is 39.6 Å². The van der Waals surface area contributed by atoms with E-state index in [1.54, 1.807) is 19.2 Å². The summed E-state index contributed by atoms with van der Waals surface area (Å²) >= 11 is 0. The van der Waals surface area contributed by atoms with Crippen LogP contribution in [0.25, 0.3) is 6.08 Å². The Bertz CT molecular complexity index is 426. The summed E-state index contributed by atoms with van der Waals surface area (Å²) in [5.41, 5.74) is 1.62. The van der Waals surface area contributed by atoms with E-state index in [-0.39, 0.29) is 0 Å². The summed E-state index contributed by atoms with van der Waals surface area (Å²) in [5.74, 6) is 1.16. The predicted octanol–water partition coefficient (Wildman–Crippen LogP) is 2.26. The quantitative estimate of drug-likeness (QED) is 0.580. The topological polar surface area (TPSA) is 61.6 Å². The van der Waals surface area contributed by atoms with E-state index >= 15 is 0 Å². The van der Waals surface area contributed by atoms with Gasteiger partial charge in [0.2, 0.25) is 6.20 Å². The monoisotopic (exact) mass is 223 g/mol. The van der Waals surface area contributed by atoms with E-state index in [1.807, 2.05) is 6.92 Å². The van der Waals surface area contributed by atoms with E-state index in [1.165, 1.54) is 13.2 Å². The molecule has 0 fully saturated rings. The van der Waals surface area contributed by atoms with Crippen LogP contribution >= 0.6 is 0 Å². The first-order valence-electron chi connectivity index (χ1n) is 4.62. The summed E-state index contributed by atoms with van der Waals surface area (Å²) < 4.78 is 10.2. The van der Waals surface area contributed by atoms with Crippen molar-refractivity contribution in [2.45, 2.75) is 6.92 Å². The van der Waals surface area contributed by atoms with Crippen LogP contribution in [0, 0.1) is 17.0 Å². The van der Waals surface area contributed by atoms with Crippen LogP contribution in [-0.4, -0.2) is 19.1 Å². The van der Waals surface area contributed by atoms with E-state index in [0.717, 1.165) is 17.3 Å². The number of rotatable bonds is 4. The highest BCUT2D eigenvalue weighted by Gasteiger charge is 2.07. The molecular formula is C11H13NO4. The van der Waals surface area contributed by atoms with Gasteiger partial charge in [0, 0.05) is 6.08 Å². The Morgan fingerprint density at radius 1 is 1.25 bits per heavy atom. The molecular weight excluding hydrogens is 210 g/mol. The van der Waals surface area contributed by atoms with Crippen LogP contribution in [-0.2, 0) is 0 Å². The maximum absolute atomic E-state index is 10.2. The lowest BCUT2D eigenvalue weighted by atomic mass is 10.1. The maximum atomic E-state index is 10.2. The molecule has 0 radical (unpaired) electrons. The van der Waals surface area contributed by atoms with Crippen molar-refractivity contribution < 1.29 is 14.4 Å². The van der Waals surface area contributed by atoms with Gasteiger partial charge in [-0.1, -0.05) is 0 Å². The second-order valence-corrected chi connectivity index (χ2v) is 3.16. The summed E-state index contributed by atoms with van der Waals surface area (Å²) in [6, 6.07) is 3.48. The van der Waals surface area contributed by atoms with Crippen LogP contribution in [0.1, 0.15) is 11.1 Å². The Morgan fingerprint density at radius 2 is 1.81 bits per heavy atom. The first kappa shape index (κ1) is 12.0. The van der Waals surface area contributed by atoms with E-state index in [2.05, 4.69) is 0 Å². The first-order chi connectivity index (χ1) is 7.58. The Morgan fingerprint density at radius 3 is 2.31 bits per heavy atom. The number of hydrogen-bond donors (Lipinski definition) is 0. The minimum Gasteiger partial charge on any atom is -0.493 e. The van der Waals surface area contributed by atoms with Crippen LogP contribution in [0.5, 0.6) is 11.5 Å². The molecule has 1 rings (SSSR count). The third-order valence-corrected chi connectivity index (χ3v) is 2.15. The SMILES string of the molecule is COc1cc(C)c(/C=C\[N+](=O)[O-])cc1OC. The number of hydrogen-bond acceptors (Lipinski definition) is 4. The molecule has 5 heteroatoms. The molecule has 0 aliphatic rings. The van der Waals surface area contributed by atoms with Gasteiger partial charge in [-0.15, -0.1) is 0 Å². The zero-order valence-corrected chi connectivity index (χ0v) is 9.39. The summed E-state index contributed by atoms with van der Waals surface area (Å²) in [4.78, 5) is 9.72. The average Bonchev–Trinajstić information content (AvgIpc) is 2.26. The molecule has 0 amide bonds. The van der Waals surface area contributed by atoms with Gasteiger partial charge in [-0.25, -0.2) is 0 Å². The van der Waals surface area contributed by atoms with Gasteiger partial charge in [0.25, 0.3) is 0 Å². The molecule has 0 aliphatic carbocycles. The van der Waals surface area contributed by atoms with Gasteiger partial charge in [-0.05, 0) is 30.2 Å². The fourth-order valence-electron chi connectivity index (χ4n) is 1.32. The minimum absolute atomic E-state index is 0.504. The van der Waals surface area contributed by atoms with Gasteiger partial charge in [-0.2, -0.15) is 0 Å². The molecule has 0 spiro atoms. The molecule has 0 aromatic heterocycles. The van der Waals surface area contributed by atoms with E-state index in [0.29, 0.717) is 11.5 Å². The van der Waals surface area contributed by atoms with Crippen molar-refractivity contribution in [2.24, 2.45) is 0 Å². The maximum Gasteiger partial charge on any atom is 0.235 e. The standard InChI is InChI=1S/C11H13NO4/c1-8-6-10(15-2)11(16-3)7-9(8)4-5-12(13)14/h4-7H,1-3H3/b5-4-. The molecule has 16 heavy (non-hydrogen) atoms. The number of ether oxygens (including phenoxy) is 2. The average molecular weight is 223 g/mol. The summed E-state index contributed by atoms with van der Waals surface area (Å²) in [6.45, 7) is 1.85. The molecule has 0 N–H and O–H groups in total. The Balaban J connectivity index is 3.16. The smallest absolute Gasteiger partial charge is 0.235 e. The molecule has 0 aliphatic heterocycles. The molecule has 0 saturated heterocycles. The fraction of sp³-hybridized carbons (Fsp3) is 0.273. The summed E-state index contributed by atoms with van der Waals surface area (Å²) in [6.07, 6.45) is 2.32. The highest BCUT2D eigenvalue weighted by atomic mass is 16.6. The summed E-state index contributed by atoms with van der Waals surface area (Å²) in [7, 11) is 3.07. The van der Waals surface area contributed by atoms with Crippen LogP contribution in [0.3, 0.4) is 0 Å². The minimum atomic E-state index is -0.504. The fourth-order valence-corrected chi connectivity index (χ4v) is 1.32. The van der Waals surface area contributed by atoms with Crippen LogP contribution < -0.4 is 9.47 Å². The molecule has 5 nitrogen and oxygen atoms in total. The van der Waals surface area contributed by atoms with Gasteiger partial charge in [0.05, 0.1) is 19.1 Å². The molecule has 1 aromatic rings. The van der Waals surface area contributed by atoms with Gasteiger partial charge < -0.3 is 9.47 Å². The molecule has 0 saturated carbocycles. The predicted molar refractivity (Wildman–Crippen MR) is 60.3 cm³/mol. The molecule has 0 heterocycles. The zero-order valence-electron chi connectivity index (χ0n) is 9.39. The Labute approximate surface area is 93.4 Å². The number of nitrogens with zero attached hydrogens (tertiary/aromatic N) is 1. The highest BCUT2D eigenvalue weighted by Crippen LogP contribution is 2.30. The van der Waals surface area contributed by atoms with Crippen molar-refractivity contribution in [3.63, 3.8) is 0 Å². The first-order valence-corrected chi connectivity index (χ1v) is 4.62. The van der Waals surface area contributed by atoms with Gasteiger partial charge in [0.1, 0.15) is 0 Å². The second-order valence-electron chi connectivity index (χ2n) is 3.16. The normalized spacial score (nSPS) is 10.4. The largest absolute Gasteiger partial charge is 0.493 e. The third kappa shape index (κ3) is 2.73. The van der Waals surface area contributed by atoms with Crippen LogP contribution in [0.4, 0.5) is 0 Å². The zero-order chi connectivity index (χ0) is 12.1. The van der Waals surface area contributed by atoms with Crippen molar-refractivity contribution in [2.75, 3.05) is 14.2 Å². The lowest BCUT2D eigenvalue weighted by molar-refractivity contribution is -0.400. The summed E-state index contributed by atoms with van der Waals surface area (Å²) in [5, 5.41) is 10.2. The molecule has 86 valence electrons.